The van der Waals surface area contributed by atoms with Gasteiger partial charge in [0.1, 0.15) is 11.5 Å². The summed E-state index contributed by atoms with van der Waals surface area (Å²) in [5.41, 5.74) is 3.20. The number of hydrogen-bond acceptors (Lipinski definition) is 3. The van der Waals surface area contributed by atoms with Gasteiger partial charge in [0.25, 0.3) is 5.91 Å². The number of aryl methyl sites for hydroxylation is 2. The zero-order chi connectivity index (χ0) is 17.4. The van der Waals surface area contributed by atoms with E-state index in [9.17, 15) is 4.79 Å². The summed E-state index contributed by atoms with van der Waals surface area (Å²) in [6.07, 6.45) is 1.76. The van der Waals surface area contributed by atoms with Crippen molar-refractivity contribution in [2.45, 2.75) is 33.6 Å². The number of anilines is 1. The Labute approximate surface area is 143 Å². The Morgan fingerprint density at radius 3 is 1.92 bits per heavy atom. The minimum absolute atomic E-state index is 0.0187. The second-order valence-electron chi connectivity index (χ2n) is 5.40. The Bertz CT molecular complexity index is 643. The molecule has 1 N–H and O–H groups in total. The molecule has 4 heteroatoms. The quantitative estimate of drug-likeness (QED) is 0.789. The first-order chi connectivity index (χ1) is 11.7. The van der Waals surface area contributed by atoms with Crippen molar-refractivity contribution in [3.05, 3.63) is 53.6 Å². The van der Waals surface area contributed by atoms with Crippen LogP contribution >= 0.6 is 0 Å². The molecule has 1 amide bonds. The smallest absolute Gasteiger partial charge is 0.262 e. The first-order valence-corrected chi connectivity index (χ1v) is 8.44. The van der Waals surface area contributed by atoms with Gasteiger partial charge in [-0.15, -0.1) is 0 Å². The Balaban J connectivity index is 1.96. The number of rotatable bonds is 8. The van der Waals surface area contributed by atoms with Crippen LogP contribution in [0.5, 0.6) is 11.5 Å². The van der Waals surface area contributed by atoms with E-state index in [-0.39, 0.29) is 12.5 Å². The third-order valence-corrected chi connectivity index (χ3v) is 3.77. The molecule has 0 saturated heterocycles. The summed E-state index contributed by atoms with van der Waals surface area (Å²) in [4.78, 5) is 12.2. The first-order valence-electron chi connectivity index (χ1n) is 8.44. The van der Waals surface area contributed by atoms with E-state index in [4.69, 9.17) is 9.47 Å². The van der Waals surface area contributed by atoms with Crippen molar-refractivity contribution < 1.29 is 14.3 Å². The predicted molar refractivity (Wildman–Crippen MR) is 96.9 cm³/mol. The zero-order valence-electron chi connectivity index (χ0n) is 14.6. The SMILES string of the molecule is CCOc1ccc(OCC(=O)Nc2c(CC)cccc2CC)cc1. The van der Waals surface area contributed by atoms with E-state index in [1.54, 1.807) is 12.1 Å². The van der Waals surface area contributed by atoms with Crippen LogP contribution in [0.4, 0.5) is 5.69 Å². The number of ether oxygens (including phenoxy) is 2. The molecule has 0 radical (unpaired) electrons. The Hall–Kier alpha value is -2.49. The number of carbonyl (C=O) groups excluding carboxylic acids is 1. The van der Waals surface area contributed by atoms with Gasteiger partial charge in [-0.2, -0.15) is 0 Å². The van der Waals surface area contributed by atoms with Gasteiger partial charge in [0.2, 0.25) is 0 Å². The van der Waals surface area contributed by atoms with Gasteiger partial charge in [-0.05, 0) is 55.2 Å². The van der Waals surface area contributed by atoms with Crippen LogP contribution in [0.3, 0.4) is 0 Å². The Morgan fingerprint density at radius 1 is 0.875 bits per heavy atom. The summed E-state index contributed by atoms with van der Waals surface area (Å²) < 4.78 is 10.9. The van der Waals surface area contributed by atoms with Crippen molar-refractivity contribution in [2.75, 3.05) is 18.5 Å². The van der Waals surface area contributed by atoms with E-state index in [2.05, 4.69) is 19.2 Å². The normalized spacial score (nSPS) is 10.3. The molecule has 2 rings (SSSR count). The number of benzene rings is 2. The summed E-state index contributed by atoms with van der Waals surface area (Å²) in [5, 5.41) is 2.99. The molecule has 0 saturated carbocycles. The molecule has 0 fully saturated rings. The largest absolute Gasteiger partial charge is 0.494 e. The monoisotopic (exact) mass is 327 g/mol. The molecule has 128 valence electrons. The lowest BCUT2D eigenvalue weighted by atomic mass is 10.0. The first kappa shape index (κ1) is 17.9. The zero-order valence-corrected chi connectivity index (χ0v) is 14.6. The molecule has 0 aliphatic heterocycles. The second kappa shape index (κ2) is 8.96. The van der Waals surface area contributed by atoms with Gasteiger partial charge in [0, 0.05) is 5.69 Å². The summed E-state index contributed by atoms with van der Waals surface area (Å²) in [6.45, 7) is 6.71. The maximum absolute atomic E-state index is 12.2. The van der Waals surface area contributed by atoms with Crippen LogP contribution in [0.25, 0.3) is 0 Å². The maximum Gasteiger partial charge on any atom is 0.262 e. The van der Waals surface area contributed by atoms with Crippen molar-refractivity contribution in [2.24, 2.45) is 0 Å². The predicted octanol–water partition coefficient (Wildman–Crippen LogP) is 4.23. The molecule has 4 nitrogen and oxygen atoms in total. The highest BCUT2D eigenvalue weighted by atomic mass is 16.5. The molecule has 0 spiro atoms. The topological polar surface area (TPSA) is 47.6 Å². The van der Waals surface area contributed by atoms with Gasteiger partial charge in [-0.3, -0.25) is 4.79 Å². The van der Waals surface area contributed by atoms with Gasteiger partial charge in [-0.25, -0.2) is 0 Å². The minimum atomic E-state index is -0.153. The van der Waals surface area contributed by atoms with Crippen LogP contribution in [0.1, 0.15) is 31.9 Å². The van der Waals surface area contributed by atoms with Gasteiger partial charge in [-0.1, -0.05) is 32.0 Å². The molecule has 0 unspecified atom stereocenters. The Kier molecular flexibility index (Phi) is 6.67. The summed E-state index contributed by atoms with van der Waals surface area (Å²) in [6, 6.07) is 13.4. The number of carbonyl (C=O) groups is 1. The number of nitrogens with one attached hydrogen (secondary N) is 1. The molecule has 0 aliphatic carbocycles. The van der Waals surface area contributed by atoms with Crippen LogP contribution in [-0.2, 0) is 17.6 Å². The van der Waals surface area contributed by atoms with Gasteiger partial charge in [0.15, 0.2) is 6.61 Å². The second-order valence-corrected chi connectivity index (χ2v) is 5.40. The van der Waals surface area contributed by atoms with Gasteiger partial charge >= 0.3 is 0 Å². The van der Waals surface area contributed by atoms with E-state index in [0.717, 1.165) is 35.4 Å². The fraction of sp³-hybridized carbons (Fsp3) is 0.350. The van der Waals surface area contributed by atoms with E-state index in [0.29, 0.717) is 12.4 Å². The standard InChI is InChI=1S/C20H25NO3/c1-4-15-8-7-9-16(5-2)20(15)21-19(22)14-24-18-12-10-17(11-13-18)23-6-3/h7-13H,4-6,14H2,1-3H3,(H,21,22). The summed E-state index contributed by atoms with van der Waals surface area (Å²) in [5.74, 6) is 1.28. The fourth-order valence-electron chi connectivity index (χ4n) is 2.53. The van der Waals surface area contributed by atoms with E-state index in [1.165, 1.54) is 0 Å². The highest BCUT2D eigenvalue weighted by Crippen LogP contribution is 2.23. The molecule has 0 aliphatic rings. The summed E-state index contributed by atoms with van der Waals surface area (Å²) >= 11 is 0. The van der Waals surface area contributed by atoms with Crippen molar-refractivity contribution in [1.82, 2.24) is 0 Å². The molecular formula is C20H25NO3. The third-order valence-electron chi connectivity index (χ3n) is 3.77. The van der Waals surface area contributed by atoms with Crippen molar-refractivity contribution >= 4 is 11.6 Å². The highest BCUT2D eigenvalue weighted by molar-refractivity contribution is 5.93. The van der Waals surface area contributed by atoms with Crippen molar-refractivity contribution in [3.63, 3.8) is 0 Å². The lowest BCUT2D eigenvalue weighted by Gasteiger charge is -2.14. The minimum Gasteiger partial charge on any atom is -0.494 e. The average Bonchev–Trinajstić information content (AvgIpc) is 2.61. The lowest BCUT2D eigenvalue weighted by Crippen LogP contribution is -2.21. The maximum atomic E-state index is 12.2. The average molecular weight is 327 g/mol. The molecular weight excluding hydrogens is 302 g/mol. The van der Waals surface area contributed by atoms with Crippen LogP contribution < -0.4 is 14.8 Å². The van der Waals surface area contributed by atoms with Crippen LogP contribution in [0.15, 0.2) is 42.5 Å². The van der Waals surface area contributed by atoms with E-state index < -0.39 is 0 Å². The molecule has 2 aromatic rings. The lowest BCUT2D eigenvalue weighted by molar-refractivity contribution is -0.118. The van der Waals surface area contributed by atoms with Crippen LogP contribution in [0.2, 0.25) is 0 Å². The molecule has 0 heterocycles. The Morgan fingerprint density at radius 2 is 1.42 bits per heavy atom. The van der Waals surface area contributed by atoms with Gasteiger partial charge < -0.3 is 14.8 Å². The van der Waals surface area contributed by atoms with Crippen molar-refractivity contribution in [1.29, 1.82) is 0 Å². The van der Waals surface area contributed by atoms with Gasteiger partial charge in [0.05, 0.1) is 6.61 Å². The molecule has 0 aromatic heterocycles. The van der Waals surface area contributed by atoms with Crippen LogP contribution in [-0.4, -0.2) is 19.1 Å². The van der Waals surface area contributed by atoms with Crippen LogP contribution in [0, 0.1) is 0 Å². The molecule has 0 bridgehead atoms. The fourth-order valence-corrected chi connectivity index (χ4v) is 2.53. The summed E-state index contributed by atoms with van der Waals surface area (Å²) in [7, 11) is 0. The number of hydrogen-bond donors (Lipinski definition) is 1. The van der Waals surface area contributed by atoms with E-state index >= 15 is 0 Å². The molecule has 24 heavy (non-hydrogen) atoms. The third kappa shape index (κ3) is 4.75. The highest BCUT2D eigenvalue weighted by Gasteiger charge is 2.10. The number of para-hydroxylation sites is 1. The van der Waals surface area contributed by atoms with Crippen molar-refractivity contribution in [3.8, 4) is 11.5 Å². The number of amides is 1. The van der Waals surface area contributed by atoms with E-state index in [1.807, 2.05) is 37.3 Å². The molecule has 0 atom stereocenters. The molecule has 2 aromatic carbocycles.